The van der Waals surface area contributed by atoms with Gasteiger partial charge in [-0.25, -0.2) is 0 Å². The van der Waals surface area contributed by atoms with E-state index in [0.717, 1.165) is 45.7 Å². The van der Waals surface area contributed by atoms with E-state index in [4.69, 9.17) is 4.74 Å². The minimum absolute atomic E-state index is 0.0326. The molecule has 1 aromatic rings. The van der Waals surface area contributed by atoms with E-state index in [1.54, 1.807) is 4.90 Å². The van der Waals surface area contributed by atoms with Crippen molar-refractivity contribution in [2.75, 3.05) is 57.3 Å². The molecular weight excluding hydrogens is 356 g/mol. The maximum Gasteiger partial charge on any atom is 0.268 e. The van der Waals surface area contributed by atoms with Gasteiger partial charge < -0.3 is 19.9 Å². The van der Waals surface area contributed by atoms with Gasteiger partial charge in [-0.05, 0) is 38.1 Å². The molecule has 2 heterocycles. The number of hydrogen-bond donors (Lipinski definition) is 1. The summed E-state index contributed by atoms with van der Waals surface area (Å²) in [5, 5.41) is 2.96. The van der Waals surface area contributed by atoms with Gasteiger partial charge in [0.05, 0.1) is 5.69 Å². The number of likely N-dealkylation sites (N-methyl/N-ethyl adjacent to an activating group) is 1. The van der Waals surface area contributed by atoms with Crippen molar-refractivity contribution in [2.24, 2.45) is 0 Å². The lowest BCUT2D eigenvalue weighted by Gasteiger charge is -2.34. The Kier molecular flexibility index (Phi) is 7.28. The molecule has 1 fully saturated rings. The minimum atomic E-state index is -0.524. The average molecular weight is 389 g/mol. The molecule has 3 rings (SSSR count). The number of carbonyl (C=O) groups is 2. The van der Waals surface area contributed by atoms with Gasteiger partial charge in [0.2, 0.25) is 5.91 Å². The Hall–Kier alpha value is -2.12. The van der Waals surface area contributed by atoms with Crippen LogP contribution in [0, 0.1) is 0 Å². The van der Waals surface area contributed by atoms with Gasteiger partial charge in [0.1, 0.15) is 12.3 Å². The average Bonchev–Trinajstić information content (AvgIpc) is 2.73. The predicted molar refractivity (Wildman–Crippen MR) is 110 cm³/mol. The summed E-state index contributed by atoms with van der Waals surface area (Å²) in [6.07, 6.45) is 0.976. The lowest BCUT2D eigenvalue weighted by atomic mass is 10.1. The smallest absolute Gasteiger partial charge is 0.268 e. The van der Waals surface area contributed by atoms with Crippen LogP contribution < -0.4 is 15.0 Å². The number of benzene rings is 1. The van der Waals surface area contributed by atoms with Crippen molar-refractivity contribution in [3.8, 4) is 5.75 Å². The molecule has 154 valence electrons. The summed E-state index contributed by atoms with van der Waals surface area (Å²) in [6, 6.07) is 7.39. The molecule has 2 aliphatic rings. The van der Waals surface area contributed by atoms with Crippen molar-refractivity contribution < 1.29 is 14.3 Å². The van der Waals surface area contributed by atoms with Gasteiger partial charge in [0.15, 0.2) is 6.10 Å². The first-order valence-corrected chi connectivity index (χ1v) is 10.4. The fraction of sp³-hybridized carbons (Fsp3) is 0.619. The first-order valence-electron chi connectivity index (χ1n) is 10.4. The van der Waals surface area contributed by atoms with E-state index in [1.807, 2.05) is 31.2 Å². The molecule has 1 aromatic carbocycles. The van der Waals surface area contributed by atoms with E-state index in [1.165, 1.54) is 0 Å². The molecule has 0 unspecified atom stereocenters. The Labute approximate surface area is 167 Å². The topological polar surface area (TPSA) is 65.1 Å². The van der Waals surface area contributed by atoms with Gasteiger partial charge >= 0.3 is 0 Å². The largest absolute Gasteiger partial charge is 0.478 e. The molecule has 28 heavy (non-hydrogen) atoms. The third kappa shape index (κ3) is 5.02. The van der Waals surface area contributed by atoms with E-state index in [-0.39, 0.29) is 18.4 Å². The summed E-state index contributed by atoms with van der Waals surface area (Å²) in [7, 11) is 0. The SMILES string of the molecule is CC[C@@H]1Oc2ccccc2N(CC(=O)NCCCN2CCN(CC)CC2)C1=O. The molecule has 7 heteroatoms. The summed E-state index contributed by atoms with van der Waals surface area (Å²) in [5.74, 6) is 0.383. The highest BCUT2D eigenvalue weighted by Crippen LogP contribution is 2.34. The van der Waals surface area contributed by atoms with Crippen LogP contribution in [0.15, 0.2) is 24.3 Å². The number of rotatable bonds is 8. The van der Waals surface area contributed by atoms with Crippen LogP contribution in [0.2, 0.25) is 0 Å². The molecular formula is C21H32N4O3. The van der Waals surface area contributed by atoms with Crippen molar-refractivity contribution in [1.29, 1.82) is 0 Å². The van der Waals surface area contributed by atoms with Gasteiger partial charge in [-0.15, -0.1) is 0 Å². The Balaban J connectivity index is 1.45. The van der Waals surface area contributed by atoms with Crippen molar-refractivity contribution in [3.63, 3.8) is 0 Å². The number of fused-ring (bicyclic) bond motifs is 1. The molecule has 2 aliphatic heterocycles. The summed E-state index contributed by atoms with van der Waals surface area (Å²) in [5.41, 5.74) is 0.668. The molecule has 0 saturated carbocycles. The Morgan fingerprint density at radius 2 is 1.86 bits per heavy atom. The summed E-state index contributed by atoms with van der Waals surface area (Å²) >= 11 is 0. The summed E-state index contributed by atoms with van der Waals surface area (Å²) < 4.78 is 5.75. The quantitative estimate of drug-likeness (QED) is 0.681. The molecule has 1 saturated heterocycles. The number of anilines is 1. The zero-order chi connectivity index (χ0) is 19.9. The van der Waals surface area contributed by atoms with Crippen LogP contribution in [-0.4, -0.2) is 80.1 Å². The number of piperazine rings is 1. The monoisotopic (exact) mass is 388 g/mol. The molecule has 0 aliphatic carbocycles. The zero-order valence-corrected chi connectivity index (χ0v) is 17.0. The molecule has 0 radical (unpaired) electrons. The summed E-state index contributed by atoms with van der Waals surface area (Å²) in [6.45, 7) is 11.3. The van der Waals surface area contributed by atoms with Crippen molar-refractivity contribution in [3.05, 3.63) is 24.3 Å². The number of nitrogens with zero attached hydrogens (tertiary/aromatic N) is 3. The van der Waals surface area contributed by atoms with E-state index >= 15 is 0 Å². The molecule has 1 N–H and O–H groups in total. The summed E-state index contributed by atoms with van der Waals surface area (Å²) in [4.78, 5) is 31.5. The lowest BCUT2D eigenvalue weighted by Crippen LogP contribution is -2.50. The molecule has 0 spiro atoms. The minimum Gasteiger partial charge on any atom is -0.478 e. The van der Waals surface area contributed by atoms with Crippen LogP contribution in [0.1, 0.15) is 26.7 Å². The van der Waals surface area contributed by atoms with Crippen LogP contribution >= 0.6 is 0 Å². The number of amides is 2. The van der Waals surface area contributed by atoms with E-state index < -0.39 is 6.10 Å². The van der Waals surface area contributed by atoms with Crippen molar-refractivity contribution >= 4 is 17.5 Å². The third-order valence-corrected chi connectivity index (χ3v) is 5.52. The number of carbonyl (C=O) groups excluding carboxylic acids is 2. The molecule has 0 bridgehead atoms. The van der Waals surface area contributed by atoms with E-state index in [9.17, 15) is 9.59 Å². The van der Waals surface area contributed by atoms with Gasteiger partial charge in [0.25, 0.3) is 5.91 Å². The second-order valence-electron chi connectivity index (χ2n) is 7.39. The van der Waals surface area contributed by atoms with Crippen LogP contribution in [0.25, 0.3) is 0 Å². The standard InChI is InChI=1S/C21H32N4O3/c1-3-18-21(27)25(17-8-5-6-9-19(17)28-18)16-20(26)22-10-7-11-24-14-12-23(4-2)13-15-24/h5-6,8-9,18H,3-4,7,10-16H2,1-2H3,(H,22,26)/t18-/m0/s1. The maximum absolute atomic E-state index is 12.7. The van der Waals surface area contributed by atoms with Crippen LogP contribution in [0.5, 0.6) is 5.75 Å². The van der Waals surface area contributed by atoms with Gasteiger partial charge in [-0.1, -0.05) is 26.0 Å². The molecule has 1 atom stereocenters. The number of para-hydroxylation sites is 2. The highest BCUT2D eigenvalue weighted by molar-refractivity contribution is 6.03. The van der Waals surface area contributed by atoms with Gasteiger partial charge in [-0.3, -0.25) is 14.5 Å². The Morgan fingerprint density at radius 1 is 1.14 bits per heavy atom. The fourth-order valence-corrected chi connectivity index (χ4v) is 3.76. The fourth-order valence-electron chi connectivity index (χ4n) is 3.76. The molecule has 7 nitrogen and oxygen atoms in total. The maximum atomic E-state index is 12.7. The molecule has 2 amide bonds. The van der Waals surface area contributed by atoms with Crippen molar-refractivity contribution in [1.82, 2.24) is 15.1 Å². The highest BCUT2D eigenvalue weighted by atomic mass is 16.5. The Bertz CT molecular complexity index is 673. The molecule has 0 aromatic heterocycles. The zero-order valence-electron chi connectivity index (χ0n) is 17.0. The van der Waals surface area contributed by atoms with E-state index in [2.05, 4.69) is 22.0 Å². The van der Waals surface area contributed by atoms with E-state index in [0.29, 0.717) is 24.4 Å². The number of nitrogens with one attached hydrogen (secondary N) is 1. The van der Waals surface area contributed by atoms with Crippen molar-refractivity contribution in [2.45, 2.75) is 32.8 Å². The number of ether oxygens (including phenoxy) is 1. The third-order valence-electron chi connectivity index (χ3n) is 5.52. The first-order chi connectivity index (χ1) is 13.6. The van der Waals surface area contributed by atoms with Gasteiger partial charge in [-0.2, -0.15) is 0 Å². The predicted octanol–water partition coefficient (Wildman–Crippen LogP) is 1.33. The normalized spacial score (nSPS) is 20.6. The lowest BCUT2D eigenvalue weighted by molar-refractivity contribution is -0.129. The first kappa shape index (κ1) is 20.6. The highest BCUT2D eigenvalue weighted by Gasteiger charge is 2.34. The Morgan fingerprint density at radius 3 is 2.57 bits per heavy atom. The number of hydrogen-bond acceptors (Lipinski definition) is 5. The second kappa shape index (κ2) is 9.89. The van der Waals surface area contributed by atoms with Crippen LogP contribution in [0.3, 0.4) is 0 Å². The second-order valence-corrected chi connectivity index (χ2v) is 7.39. The van der Waals surface area contributed by atoms with Crippen LogP contribution in [-0.2, 0) is 9.59 Å². The van der Waals surface area contributed by atoms with Crippen LogP contribution in [0.4, 0.5) is 5.69 Å². The van der Waals surface area contributed by atoms with Gasteiger partial charge in [0, 0.05) is 32.7 Å².